The first-order valence-corrected chi connectivity index (χ1v) is 10.5. The number of rotatable bonds is 6. The predicted molar refractivity (Wildman–Crippen MR) is 120 cm³/mol. The third-order valence-electron chi connectivity index (χ3n) is 5.06. The fourth-order valence-corrected chi connectivity index (χ4v) is 4.63. The summed E-state index contributed by atoms with van der Waals surface area (Å²) in [5.74, 6) is -0.0670. The van der Waals surface area contributed by atoms with Gasteiger partial charge in [0, 0.05) is 24.6 Å². The molecule has 0 aliphatic carbocycles. The van der Waals surface area contributed by atoms with Gasteiger partial charge in [-0.2, -0.15) is 0 Å². The second kappa shape index (κ2) is 8.45. The first-order valence-electron chi connectivity index (χ1n) is 9.69. The van der Waals surface area contributed by atoms with E-state index < -0.39 is 0 Å². The molecule has 4 nitrogen and oxygen atoms in total. The van der Waals surface area contributed by atoms with E-state index >= 15 is 0 Å². The summed E-state index contributed by atoms with van der Waals surface area (Å²) < 4.78 is 2.63. The van der Waals surface area contributed by atoms with Gasteiger partial charge in [-0.15, -0.1) is 0 Å². The summed E-state index contributed by atoms with van der Waals surface area (Å²) in [5, 5.41) is 3.01. The number of aromatic nitrogens is 1. The van der Waals surface area contributed by atoms with Crippen molar-refractivity contribution >= 4 is 33.1 Å². The fraction of sp³-hybridized carbons (Fsp3) is 0.167. The quantitative estimate of drug-likeness (QED) is 0.479. The number of nitrogens with zero attached hydrogens (tertiary/aromatic N) is 1. The number of thiazole rings is 1. The van der Waals surface area contributed by atoms with Crippen molar-refractivity contribution < 1.29 is 4.79 Å². The highest BCUT2D eigenvalue weighted by atomic mass is 32.1. The molecule has 5 heteroatoms. The number of amides is 1. The van der Waals surface area contributed by atoms with Gasteiger partial charge in [0.15, 0.2) is 0 Å². The zero-order valence-corrected chi connectivity index (χ0v) is 17.0. The van der Waals surface area contributed by atoms with Gasteiger partial charge < -0.3 is 5.32 Å². The Balaban J connectivity index is 1.57. The molecule has 3 aromatic carbocycles. The molecule has 0 aliphatic rings. The molecule has 0 saturated carbocycles. The molecule has 0 aliphatic heterocycles. The number of hydrogen-bond acceptors (Lipinski definition) is 3. The van der Waals surface area contributed by atoms with Gasteiger partial charge in [0.1, 0.15) is 0 Å². The molecule has 1 N–H and O–H groups in total. The van der Waals surface area contributed by atoms with E-state index in [0.29, 0.717) is 18.7 Å². The maximum Gasteiger partial charge on any atom is 0.308 e. The molecular formula is C24H22N2O2S. The van der Waals surface area contributed by atoms with Crippen LogP contribution >= 0.6 is 11.3 Å². The van der Waals surface area contributed by atoms with Crippen molar-refractivity contribution in [3.63, 3.8) is 0 Å². The molecule has 0 bridgehead atoms. The van der Waals surface area contributed by atoms with Crippen LogP contribution in [-0.2, 0) is 11.3 Å². The first kappa shape index (κ1) is 19.2. The van der Waals surface area contributed by atoms with Crippen molar-refractivity contribution in [3.8, 4) is 0 Å². The van der Waals surface area contributed by atoms with Gasteiger partial charge in [-0.1, -0.05) is 72.0 Å². The lowest BCUT2D eigenvalue weighted by Gasteiger charge is -2.18. The third-order valence-corrected chi connectivity index (χ3v) is 6.00. The fourth-order valence-electron chi connectivity index (χ4n) is 3.64. The summed E-state index contributed by atoms with van der Waals surface area (Å²) in [6, 6.07) is 25.8. The summed E-state index contributed by atoms with van der Waals surface area (Å²) in [6.45, 7) is 2.59. The average molecular weight is 403 g/mol. The van der Waals surface area contributed by atoms with Crippen molar-refractivity contribution in [1.82, 2.24) is 4.57 Å². The van der Waals surface area contributed by atoms with E-state index in [2.05, 4.69) is 29.6 Å². The minimum Gasteiger partial charge on any atom is -0.326 e. The van der Waals surface area contributed by atoms with Crippen LogP contribution in [0.15, 0.2) is 83.7 Å². The summed E-state index contributed by atoms with van der Waals surface area (Å²) >= 11 is 1.21. The van der Waals surface area contributed by atoms with E-state index in [0.717, 1.165) is 21.3 Å². The van der Waals surface area contributed by atoms with Gasteiger partial charge in [-0.25, -0.2) is 0 Å². The Bertz CT molecular complexity index is 1140. The van der Waals surface area contributed by atoms with E-state index in [-0.39, 0.29) is 16.7 Å². The van der Waals surface area contributed by atoms with Gasteiger partial charge in [-0.3, -0.25) is 14.2 Å². The molecule has 0 fully saturated rings. The van der Waals surface area contributed by atoms with Crippen LogP contribution in [0.1, 0.15) is 30.4 Å². The zero-order valence-electron chi connectivity index (χ0n) is 16.2. The number of aryl methyl sites for hydroxylation is 1. The van der Waals surface area contributed by atoms with Crippen molar-refractivity contribution in [2.75, 3.05) is 5.32 Å². The average Bonchev–Trinajstić information content (AvgIpc) is 3.07. The van der Waals surface area contributed by atoms with Gasteiger partial charge in [-0.05, 0) is 36.2 Å². The van der Waals surface area contributed by atoms with Crippen LogP contribution < -0.4 is 10.2 Å². The second-order valence-electron chi connectivity index (χ2n) is 6.92. The Morgan fingerprint density at radius 2 is 1.59 bits per heavy atom. The Morgan fingerprint density at radius 1 is 0.966 bits per heavy atom. The number of benzene rings is 3. The zero-order chi connectivity index (χ0) is 20.2. The maximum atomic E-state index is 12.9. The highest BCUT2D eigenvalue weighted by Crippen LogP contribution is 2.29. The molecule has 4 rings (SSSR count). The molecule has 1 aromatic heterocycles. The smallest absolute Gasteiger partial charge is 0.308 e. The topological polar surface area (TPSA) is 51.1 Å². The minimum absolute atomic E-state index is 0.0154. The predicted octanol–water partition coefficient (Wildman–Crippen LogP) is 5.24. The molecule has 0 spiro atoms. The molecule has 4 aromatic rings. The highest BCUT2D eigenvalue weighted by Gasteiger charge is 2.18. The number of carbonyl (C=O) groups is 1. The first-order chi connectivity index (χ1) is 14.2. The van der Waals surface area contributed by atoms with Crippen molar-refractivity contribution in [3.05, 3.63) is 99.7 Å². The monoisotopic (exact) mass is 402 g/mol. The Morgan fingerprint density at radius 3 is 2.17 bits per heavy atom. The van der Waals surface area contributed by atoms with Gasteiger partial charge in [0.2, 0.25) is 5.91 Å². The highest BCUT2D eigenvalue weighted by molar-refractivity contribution is 7.16. The number of carbonyl (C=O) groups excluding carboxylic acids is 1. The summed E-state index contributed by atoms with van der Waals surface area (Å²) in [7, 11) is 0. The van der Waals surface area contributed by atoms with E-state index in [9.17, 15) is 9.59 Å². The van der Waals surface area contributed by atoms with Crippen LogP contribution in [-0.4, -0.2) is 10.5 Å². The lowest BCUT2D eigenvalue weighted by atomic mass is 9.88. The Labute approximate surface area is 173 Å². The molecular weight excluding hydrogens is 380 g/mol. The summed E-state index contributed by atoms with van der Waals surface area (Å²) in [5.41, 5.74) is 3.85. The van der Waals surface area contributed by atoms with Gasteiger partial charge >= 0.3 is 4.87 Å². The van der Waals surface area contributed by atoms with Gasteiger partial charge in [0.25, 0.3) is 0 Å². The van der Waals surface area contributed by atoms with E-state index in [1.165, 1.54) is 11.3 Å². The molecule has 0 radical (unpaired) electrons. The summed E-state index contributed by atoms with van der Waals surface area (Å²) in [6.07, 6.45) is 0.346. The third kappa shape index (κ3) is 4.15. The van der Waals surface area contributed by atoms with Crippen LogP contribution in [0.3, 0.4) is 0 Å². The molecule has 1 heterocycles. The normalized spacial score (nSPS) is 11.1. The standard InChI is InChI=1S/C24H22N2O2S/c1-2-26-21-14-13-19(15-22(21)29-24(26)28)25-23(27)16-20(17-9-5-3-6-10-17)18-11-7-4-8-12-18/h3-15,20H,2,16H2,1H3,(H,25,27). The number of anilines is 1. The molecule has 1 amide bonds. The number of fused-ring (bicyclic) bond motifs is 1. The van der Waals surface area contributed by atoms with Crippen LogP contribution in [0.2, 0.25) is 0 Å². The lowest BCUT2D eigenvalue weighted by Crippen LogP contribution is -2.16. The van der Waals surface area contributed by atoms with Gasteiger partial charge in [0.05, 0.1) is 10.2 Å². The molecule has 146 valence electrons. The van der Waals surface area contributed by atoms with Crippen molar-refractivity contribution in [2.24, 2.45) is 0 Å². The van der Waals surface area contributed by atoms with Crippen molar-refractivity contribution in [2.45, 2.75) is 25.8 Å². The maximum absolute atomic E-state index is 12.9. The largest absolute Gasteiger partial charge is 0.326 e. The van der Waals surface area contributed by atoms with E-state index in [4.69, 9.17) is 0 Å². The van der Waals surface area contributed by atoms with Crippen LogP contribution in [0.5, 0.6) is 0 Å². The van der Waals surface area contributed by atoms with E-state index in [1.54, 1.807) is 4.57 Å². The van der Waals surface area contributed by atoms with E-state index in [1.807, 2.05) is 61.5 Å². The molecule has 0 unspecified atom stereocenters. The SMILES string of the molecule is CCn1c(=O)sc2cc(NC(=O)CC(c3ccccc3)c3ccccc3)ccc21. The van der Waals surface area contributed by atoms with Crippen molar-refractivity contribution in [1.29, 1.82) is 0 Å². The second-order valence-corrected chi connectivity index (χ2v) is 7.91. The minimum atomic E-state index is -0.0515. The molecule has 29 heavy (non-hydrogen) atoms. The molecule has 0 atom stereocenters. The lowest BCUT2D eigenvalue weighted by molar-refractivity contribution is -0.116. The Hall–Kier alpha value is -3.18. The summed E-state index contributed by atoms with van der Waals surface area (Å²) in [4.78, 5) is 24.9. The Kier molecular flexibility index (Phi) is 5.58. The number of hydrogen-bond donors (Lipinski definition) is 1. The van der Waals surface area contributed by atoms with Crippen LogP contribution in [0.25, 0.3) is 10.2 Å². The number of nitrogens with one attached hydrogen (secondary N) is 1. The van der Waals surface area contributed by atoms with Crippen LogP contribution in [0, 0.1) is 0 Å². The van der Waals surface area contributed by atoms with Crippen LogP contribution in [0.4, 0.5) is 5.69 Å². The molecule has 0 saturated heterocycles.